The summed E-state index contributed by atoms with van der Waals surface area (Å²) < 4.78 is 6.62. The predicted octanol–water partition coefficient (Wildman–Crippen LogP) is 3.49. The first kappa shape index (κ1) is 16.0. The zero-order chi connectivity index (χ0) is 17.1. The van der Waals surface area contributed by atoms with Gasteiger partial charge in [-0.3, -0.25) is 4.79 Å². The maximum atomic E-state index is 12.3. The average Bonchev–Trinajstić information content (AvgIpc) is 3.07. The summed E-state index contributed by atoms with van der Waals surface area (Å²) in [5, 5.41) is 11.0. The number of nitrogens with one attached hydrogen (secondary N) is 1. The molecule has 0 saturated carbocycles. The zero-order valence-corrected chi connectivity index (χ0v) is 13.9. The van der Waals surface area contributed by atoms with Crippen molar-refractivity contribution in [3.05, 3.63) is 64.9 Å². The van der Waals surface area contributed by atoms with Crippen LogP contribution in [0.25, 0.3) is 5.69 Å². The van der Waals surface area contributed by atoms with Crippen LogP contribution in [0.4, 0.5) is 5.69 Å². The number of methoxy groups -OCH3 is 1. The van der Waals surface area contributed by atoms with E-state index in [1.165, 1.54) is 0 Å². The van der Waals surface area contributed by atoms with Crippen LogP contribution in [0.5, 0.6) is 5.75 Å². The average molecular weight is 343 g/mol. The lowest BCUT2D eigenvalue weighted by Gasteiger charge is -2.07. The number of amides is 1. The highest BCUT2D eigenvalue weighted by Crippen LogP contribution is 2.26. The minimum Gasteiger partial charge on any atom is -0.497 e. The highest BCUT2D eigenvalue weighted by molar-refractivity contribution is 6.34. The van der Waals surface area contributed by atoms with Crippen molar-refractivity contribution in [3.8, 4) is 11.4 Å². The van der Waals surface area contributed by atoms with Crippen molar-refractivity contribution in [2.45, 2.75) is 6.92 Å². The smallest absolute Gasteiger partial charge is 0.277 e. The third-order valence-electron chi connectivity index (χ3n) is 3.45. The van der Waals surface area contributed by atoms with E-state index < -0.39 is 0 Å². The van der Waals surface area contributed by atoms with Crippen molar-refractivity contribution in [1.82, 2.24) is 15.0 Å². The lowest BCUT2D eigenvalue weighted by atomic mass is 10.2. The number of hydrogen-bond acceptors (Lipinski definition) is 4. The van der Waals surface area contributed by atoms with Crippen LogP contribution >= 0.6 is 11.6 Å². The number of carbonyl (C=O) groups is 1. The van der Waals surface area contributed by atoms with Gasteiger partial charge in [0.1, 0.15) is 5.75 Å². The molecule has 0 aliphatic rings. The highest BCUT2D eigenvalue weighted by atomic mass is 35.5. The molecule has 122 valence electrons. The van der Waals surface area contributed by atoms with Crippen molar-refractivity contribution in [3.63, 3.8) is 0 Å². The van der Waals surface area contributed by atoms with Gasteiger partial charge in [-0.1, -0.05) is 34.5 Å². The van der Waals surface area contributed by atoms with Crippen LogP contribution in [-0.4, -0.2) is 28.0 Å². The summed E-state index contributed by atoms with van der Waals surface area (Å²) in [5.41, 5.74) is 2.65. The van der Waals surface area contributed by atoms with Gasteiger partial charge in [0.05, 0.1) is 29.7 Å². The van der Waals surface area contributed by atoms with Crippen molar-refractivity contribution < 1.29 is 9.53 Å². The molecule has 1 heterocycles. The number of rotatable bonds is 4. The van der Waals surface area contributed by atoms with Crippen molar-refractivity contribution >= 4 is 23.2 Å². The number of aromatic nitrogens is 3. The first-order chi connectivity index (χ1) is 11.6. The summed E-state index contributed by atoms with van der Waals surface area (Å²) in [4.78, 5) is 12.3. The number of halogens is 1. The van der Waals surface area contributed by atoms with E-state index in [1.807, 2.05) is 31.2 Å². The molecular weight excluding hydrogens is 328 g/mol. The van der Waals surface area contributed by atoms with Crippen LogP contribution in [0.3, 0.4) is 0 Å². The topological polar surface area (TPSA) is 69.0 Å². The largest absolute Gasteiger partial charge is 0.497 e. The quantitative estimate of drug-likeness (QED) is 0.788. The predicted molar refractivity (Wildman–Crippen MR) is 92.1 cm³/mol. The number of aryl methyl sites for hydroxylation is 1. The highest BCUT2D eigenvalue weighted by Gasteiger charge is 2.13. The van der Waals surface area contributed by atoms with E-state index in [1.54, 1.807) is 36.2 Å². The maximum Gasteiger partial charge on any atom is 0.277 e. The molecule has 0 aliphatic carbocycles. The number of ether oxygens (including phenoxy) is 1. The minimum atomic E-state index is -0.388. The molecule has 1 aromatic heterocycles. The molecular formula is C17H15ClN4O2. The summed E-state index contributed by atoms with van der Waals surface area (Å²) in [6.07, 6.45) is 1.57. The number of anilines is 1. The molecule has 6 nitrogen and oxygen atoms in total. The van der Waals surface area contributed by atoms with Crippen LogP contribution < -0.4 is 10.1 Å². The Labute approximate surface area is 144 Å². The fourth-order valence-electron chi connectivity index (χ4n) is 2.10. The van der Waals surface area contributed by atoms with Gasteiger partial charge < -0.3 is 10.1 Å². The Morgan fingerprint density at radius 1 is 1.21 bits per heavy atom. The first-order valence-corrected chi connectivity index (χ1v) is 7.59. The van der Waals surface area contributed by atoms with Gasteiger partial charge in [0.2, 0.25) is 0 Å². The third kappa shape index (κ3) is 3.38. The lowest BCUT2D eigenvalue weighted by molar-refractivity contribution is 0.102. The molecule has 0 spiro atoms. The molecule has 0 aliphatic heterocycles. The second kappa shape index (κ2) is 6.72. The molecule has 0 saturated heterocycles. The van der Waals surface area contributed by atoms with Crippen LogP contribution in [0, 0.1) is 6.92 Å². The fourth-order valence-corrected chi connectivity index (χ4v) is 2.32. The Bertz CT molecular complexity index is 875. The molecule has 1 amide bonds. The van der Waals surface area contributed by atoms with Gasteiger partial charge in [-0.05, 0) is 31.2 Å². The van der Waals surface area contributed by atoms with Crippen molar-refractivity contribution in [1.29, 1.82) is 0 Å². The molecule has 0 fully saturated rings. The Morgan fingerprint density at radius 3 is 2.62 bits per heavy atom. The van der Waals surface area contributed by atoms with Gasteiger partial charge in [-0.25, -0.2) is 4.68 Å². The number of nitrogens with zero attached hydrogens (tertiary/aromatic N) is 3. The molecule has 2 aromatic carbocycles. The van der Waals surface area contributed by atoms with Gasteiger partial charge in [0.15, 0.2) is 5.69 Å². The second-order valence-electron chi connectivity index (χ2n) is 5.18. The van der Waals surface area contributed by atoms with Crippen LogP contribution in [0.2, 0.25) is 5.02 Å². The summed E-state index contributed by atoms with van der Waals surface area (Å²) in [6.45, 7) is 2.00. The van der Waals surface area contributed by atoms with E-state index in [9.17, 15) is 4.79 Å². The molecule has 24 heavy (non-hydrogen) atoms. The van der Waals surface area contributed by atoms with E-state index in [0.29, 0.717) is 16.5 Å². The summed E-state index contributed by atoms with van der Waals surface area (Å²) in [6, 6.07) is 12.8. The minimum absolute atomic E-state index is 0.197. The van der Waals surface area contributed by atoms with Crippen LogP contribution in [-0.2, 0) is 0 Å². The van der Waals surface area contributed by atoms with E-state index >= 15 is 0 Å². The van der Waals surface area contributed by atoms with Gasteiger partial charge in [-0.2, -0.15) is 0 Å². The Balaban J connectivity index is 1.77. The number of hydrogen-bond donors (Lipinski definition) is 1. The summed E-state index contributed by atoms with van der Waals surface area (Å²) in [5.74, 6) is 0.226. The van der Waals surface area contributed by atoms with Crippen LogP contribution in [0.15, 0.2) is 48.7 Å². The molecule has 0 atom stereocenters. The van der Waals surface area contributed by atoms with E-state index in [4.69, 9.17) is 16.3 Å². The number of benzene rings is 2. The third-order valence-corrected chi connectivity index (χ3v) is 3.76. The molecule has 3 rings (SSSR count). The monoisotopic (exact) mass is 342 g/mol. The van der Waals surface area contributed by atoms with E-state index in [2.05, 4.69) is 15.6 Å². The Morgan fingerprint density at radius 2 is 1.96 bits per heavy atom. The van der Waals surface area contributed by atoms with Gasteiger partial charge in [-0.15, -0.1) is 5.10 Å². The molecule has 7 heteroatoms. The maximum absolute atomic E-state index is 12.3. The van der Waals surface area contributed by atoms with E-state index in [0.717, 1.165) is 11.3 Å². The SMILES string of the molecule is COc1ccc(NC(=O)c2cn(-c3ccc(C)cc3)nn2)c(Cl)c1. The molecule has 1 N–H and O–H groups in total. The summed E-state index contributed by atoms with van der Waals surface area (Å²) >= 11 is 6.12. The van der Waals surface area contributed by atoms with Gasteiger partial charge >= 0.3 is 0 Å². The molecule has 0 radical (unpaired) electrons. The van der Waals surface area contributed by atoms with Gasteiger partial charge in [0.25, 0.3) is 5.91 Å². The standard InChI is InChI=1S/C17H15ClN4O2/c1-11-3-5-12(6-4-11)22-10-16(20-21-22)17(23)19-15-8-7-13(24-2)9-14(15)18/h3-10H,1-2H3,(H,19,23). The molecule has 0 bridgehead atoms. The number of carbonyl (C=O) groups excluding carboxylic acids is 1. The Kier molecular flexibility index (Phi) is 4.48. The van der Waals surface area contributed by atoms with Crippen LogP contribution in [0.1, 0.15) is 16.1 Å². The zero-order valence-electron chi connectivity index (χ0n) is 13.2. The normalized spacial score (nSPS) is 10.5. The van der Waals surface area contributed by atoms with Crippen molar-refractivity contribution in [2.75, 3.05) is 12.4 Å². The molecule has 3 aromatic rings. The van der Waals surface area contributed by atoms with E-state index in [-0.39, 0.29) is 11.6 Å². The van der Waals surface area contributed by atoms with Gasteiger partial charge in [0, 0.05) is 6.07 Å². The second-order valence-corrected chi connectivity index (χ2v) is 5.59. The Hall–Kier alpha value is -2.86. The first-order valence-electron chi connectivity index (χ1n) is 7.21. The molecule has 0 unspecified atom stereocenters. The lowest BCUT2D eigenvalue weighted by Crippen LogP contribution is -2.12. The van der Waals surface area contributed by atoms with Crippen molar-refractivity contribution in [2.24, 2.45) is 0 Å². The fraction of sp³-hybridized carbons (Fsp3) is 0.118. The summed E-state index contributed by atoms with van der Waals surface area (Å²) in [7, 11) is 1.55.